The normalized spacial score (nSPS) is 13.5. The first-order chi connectivity index (χ1) is 7.33. The van der Waals surface area contributed by atoms with Crippen molar-refractivity contribution in [3.63, 3.8) is 0 Å². The summed E-state index contributed by atoms with van der Waals surface area (Å²) in [6.07, 6.45) is 0.421. The molecule has 0 aliphatic carbocycles. The molecular weight excluding hydrogens is 270 g/mol. The highest BCUT2D eigenvalue weighted by Gasteiger charge is 2.26. The number of benzene rings is 1. The van der Waals surface area contributed by atoms with Crippen molar-refractivity contribution in [3.05, 3.63) is 34.3 Å². The lowest BCUT2D eigenvalue weighted by molar-refractivity contribution is -0.139. The minimum absolute atomic E-state index is 0.238. The Balaban J connectivity index is 2.84. The molecule has 1 unspecified atom stereocenters. The lowest BCUT2D eigenvalue weighted by Gasteiger charge is -2.27. The molecule has 1 aromatic carbocycles. The van der Waals surface area contributed by atoms with Gasteiger partial charge < -0.3 is 10.8 Å². The van der Waals surface area contributed by atoms with Crippen LogP contribution in [0, 0.1) is 0 Å². The Morgan fingerprint density at radius 3 is 2.38 bits per heavy atom. The van der Waals surface area contributed by atoms with Crippen LogP contribution in [0.2, 0.25) is 0 Å². The molecule has 0 saturated heterocycles. The quantitative estimate of drug-likeness (QED) is 0.894. The van der Waals surface area contributed by atoms with Crippen molar-refractivity contribution in [1.82, 2.24) is 0 Å². The number of halogens is 1. The number of carboxylic acid groups (broad SMARTS) is 1. The Labute approximate surface area is 104 Å². The summed E-state index contributed by atoms with van der Waals surface area (Å²) < 4.78 is 1.01. The van der Waals surface area contributed by atoms with Gasteiger partial charge in [-0.25, -0.2) is 0 Å². The number of carboxylic acids is 1. The molecule has 0 aliphatic heterocycles. The maximum absolute atomic E-state index is 10.7. The fourth-order valence-corrected chi connectivity index (χ4v) is 1.92. The van der Waals surface area contributed by atoms with E-state index in [1.54, 1.807) is 0 Å². The highest BCUT2D eigenvalue weighted by atomic mass is 79.9. The second-order valence-corrected chi connectivity index (χ2v) is 5.46. The largest absolute Gasteiger partial charge is 0.480 e. The molecule has 0 saturated carbocycles. The molecule has 0 bridgehead atoms. The highest BCUT2D eigenvalue weighted by Crippen LogP contribution is 2.29. The molecule has 0 radical (unpaired) electrons. The molecule has 1 atom stereocenters. The van der Waals surface area contributed by atoms with Gasteiger partial charge in [-0.15, -0.1) is 0 Å². The van der Waals surface area contributed by atoms with Crippen LogP contribution < -0.4 is 5.73 Å². The van der Waals surface area contributed by atoms with Crippen molar-refractivity contribution in [1.29, 1.82) is 0 Å². The maximum atomic E-state index is 10.7. The van der Waals surface area contributed by atoms with Crippen LogP contribution >= 0.6 is 15.9 Å². The van der Waals surface area contributed by atoms with Gasteiger partial charge in [-0.3, -0.25) is 4.79 Å². The van der Waals surface area contributed by atoms with Crippen molar-refractivity contribution in [2.24, 2.45) is 5.73 Å². The standard InChI is InChI=1S/C12H16BrNO2/c1-12(2,7-10(14)11(15)16)8-3-5-9(13)6-4-8/h3-6,10H,7,14H2,1-2H3,(H,15,16). The van der Waals surface area contributed by atoms with Gasteiger partial charge in [-0.05, 0) is 29.5 Å². The van der Waals surface area contributed by atoms with Crippen LogP contribution in [0.4, 0.5) is 0 Å². The second kappa shape index (κ2) is 4.97. The summed E-state index contributed by atoms with van der Waals surface area (Å²) in [5.74, 6) is -0.954. The van der Waals surface area contributed by atoms with Crippen molar-refractivity contribution in [2.75, 3.05) is 0 Å². The number of hydrogen-bond acceptors (Lipinski definition) is 2. The Hall–Kier alpha value is -0.870. The van der Waals surface area contributed by atoms with Crippen LogP contribution in [0.5, 0.6) is 0 Å². The van der Waals surface area contributed by atoms with E-state index in [1.807, 2.05) is 38.1 Å². The molecule has 1 rings (SSSR count). The third-order valence-corrected chi connectivity index (χ3v) is 3.20. The van der Waals surface area contributed by atoms with E-state index in [9.17, 15) is 4.79 Å². The van der Waals surface area contributed by atoms with E-state index in [0.717, 1.165) is 10.0 Å². The number of aliphatic carboxylic acids is 1. The van der Waals surface area contributed by atoms with Crippen LogP contribution in [0.1, 0.15) is 25.8 Å². The first-order valence-corrected chi connectivity index (χ1v) is 5.86. The van der Waals surface area contributed by atoms with Crippen molar-refractivity contribution < 1.29 is 9.90 Å². The van der Waals surface area contributed by atoms with Gasteiger partial charge in [0.15, 0.2) is 0 Å². The topological polar surface area (TPSA) is 63.3 Å². The van der Waals surface area contributed by atoms with Gasteiger partial charge in [0.1, 0.15) is 6.04 Å². The molecule has 0 heterocycles. The lowest BCUT2D eigenvalue weighted by Crippen LogP contribution is -2.36. The fraction of sp³-hybridized carbons (Fsp3) is 0.417. The van der Waals surface area contributed by atoms with E-state index >= 15 is 0 Å². The summed E-state index contributed by atoms with van der Waals surface area (Å²) in [5, 5.41) is 8.80. The maximum Gasteiger partial charge on any atom is 0.320 e. The van der Waals surface area contributed by atoms with E-state index in [4.69, 9.17) is 10.8 Å². The number of hydrogen-bond donors (Lipinski definition) is 2. The highest BCUT2D eigenvalue weighted by molar-refractivity contribution is 9.10. The molecule has 0 amide bonds. The molecule has 0 aliphatic rings. The first kappa shape index (κ1) is 13.2. The monoisotopic (exact) mass is 285 g/mol. The molecule has 4 heteroatoms. The van der Waals surface area contributed by atoms with Gasteiger partial charge in [0.2, 0.25) is 0 Å². The number of carbonyl (C=O) groups is 1. The summed E-state index contributed by atoms with van der Waals surface area (Å²) in [6.45, 7) is 4.00. The zero-order valence-corrected chi connectivity index (χ0v) is 11.0. The van der Waals surface area contributed by atoms with Gasteiger partial charge in [-0.2, -0.15) is 0 Å². The summed E-state index contributed by atoms with van der Waals surface area (Å²) in [4.78, 5) is 10.7. The minimum Gasteiger partial charge on any atom is -0.480 e. The van der Waals surface area contributed by atoms with Crippen LogP contribution in [0.25, 0.3) is 0 Å². The molecular formula is C12H16BrNO2. The van der Waals surface area contributed by atoms with E-state index in [2.05, 4.69) is 15.9 Å². The van der Waals surface area contributed by atoms with Crippen LogP contribution in [0.3, 0.4) is 0 Å². The summed E-state index contributed by atoms with van der Waals surface area (Å²) in [7, 11) is 0. The van der Waals surface area contributed by atoms with Gasteiger partial charge in [0, 0.05) is 4.47 Å². The van der Waals surface area contributed by atoms with Gasteiger partial charge in [-0.1, -0.05) is 41.9 Å². The molecule has 0 fully saturated rings. The van der Waals surface area contributed by atoms with Gasteiger partial charge in [0.05, 0.1) is 0 Å². The molecule has 3 nitrogen and oxygen atoms in total. The zero-order chi connectivity index (χ0) is 12.3. The molecule has 1 aromatic rings. The molecule has 3 N–H and O–H groups in total. The third-order valence-electron chi connectivity index (χ3n) is 2.67. The van der Waals surface area contributed by atoms with Crippen LogP contribution in [-0.2, 0) is 10.2 Å². The Kier molecular flexibility index (Phi) is 4.10. The number of rotatable bonds is 4. The zero-order valence-electron chi connectivity index (χ0n) is 9.40. The lowest BCUT2D eigenvalue weighted by atomic mass is 9.79. The van der Waals surface area contributed by atoms with Gasteiger partial charge in [0.25, 0.3) is 0 Å². The Bertz CT molecular complexity index is 373. The molecule has 0 spiro atoms. The van der Waals surface area contributed by atoms with Crippen molar-refractivity contribution in [2.45, 2.75) is 31.7 Å². The Morgan fingerprint density at radius 1 is 1.44 bits per heavy atom. The Morgan fingerprint density at radius 2 is 1.94 bits per heavy atom. The third kappa shape index (κ3) is 3.32. The summed E-state index contributed by atoms with van der Waals surface area (Å²) in [6, 6.07) is 7.04. The molecule has 16 heavy (non-hydrogen) atoms. The van der Waals surface area contributed by atoms with Crippen LogP contribution in [-0.4, -0.2) is 17.1 Å². The molecule has 0 aromatic heterocycles. The average Bonchev–Trinajstić information content (AvgIpc) is 2.17. The predicted octanol–water partition coefficient (Wildman–Crippen LogP) is 2.53. The van der Waals surface area contributed by atoms with Crippen LogP contribution in [0.15, 0.2) is 28.7 Å². The second-order valence-electron chi connectivity index (χ2n) is 4.54. The SMILES string of the molecule is CC(C)(CC(N)C(=O)O)c1ccc(Br)cc1. The predicted molar refractivity (Wildman–Crippen MR) is 67.4 cm³/mol. The van der Waals surface area contributed by atoms with Crippen molar-refractivity contribution in [3.8, 4) is 0 Å². The summed E-state index contributed by atoms with van der Waals surface area (Å²) in [5.41, 5.74) is 6.41. The smallest absolute Gasteiger partial charge is 0.320 e. The summed E-state index contributed by atoms with van der Waals surface area (Å²) >= 11 is 3.37. The number of nitrogens with two attached hydrogens (primary N) is 1. The minimum atomic E-state index is -0.954. The molecule has 88 valence electrons. The first-order valence-electron chi connectivity index (χ1n) is 5.07. The van der Waals surface area contributed by atoms with Crippen molar-refractivity contribution >= 4 is 21.9 Å². The average molecular weight is 286 g/mol. The van der Waals surface area contributed by atoms with E-state index in [-0.39, 0.29) is 5.41 Å². The van der Waals surface area contributed by atoms with E-state index < -0.39 is 12.0 Å². The van der Waals surface area contributed by atoms with Gasteiger partial charge >= 0.3 is 5.97 Å². The van der Waals surface area contributed by atoms with E-state index in [0.29, 0.717) is 6.42 Å². The fourth-order valence-electron chi connectivity index (χ4n) is 1.66. The van der Waals surface area contributed by atoms with E-state index in [1.165, 1.54) is 0 Å².